The lowest BCUT2D eigenvalue weighted by Crippen LogP contribution is -2.50. The van der Waals surface area contributed by atoms with Gasteiger partial charge in [-0.2, -0.15) is 0 Å². The first-order valence-corrected chi connectivity index (χ1v) is 21.4. The van der Waals surface area contributed by atoms with Crippen LogP contribution in [0.3, 0.4) is 0 Å². The van der Waals surface area contributed by atoms with Gasteiger partial charge in [-0.25, -0.2) is 9.59 Å². The van der Waals surface area contributed by atoms with E-state index < -0.39 is 35.7 Å². The molecular formula is C42H62N4O6. The minimum Gasteiger partial charge on any atom is -0.263 e. The summed E-state index contributed by atoms with van der Waals surface area (Å²) in [5, 5.41) is 0. The molecule has 52 heavy (non-hydrogen) atoms. The van der Waals surface area contributed by atoms with Crippen molar-refractivity contribution in [3.63, 3.8) is 0 Å². The maximum Gasteiger partial charge on any atom is 0.334 e. The van der Waals surface area contributed by atoms with Gasteiger partial charge in [-0.1, -0.05) is 39.5 Å². The van der Waals surface area contributed by atoms with Gasteiger partial charge in [-0.05, 0) is 162 Å². The molecule has 8 saturated carbocycles. The van der Waals surface area contributed by atoms with E-state index in [1.807, 2.05) is 13.8 Å². The third-order valence-electron chi connectivity index (χ3n) is 15.5. The Balaban J connectivity index is 0.758. The standard InChI is InChI=1S/C42H62N4O6/c1-3-33(25-41-19-27-13-28(20-41)15-29(14-27)21-41)45-37(49)35(47)43(39(45)51)11-9-7-5-6-8-10-12-44-36(48)38(50)46(40(44)52)34(4-2)26-42-22-30-16-31(23-42)18-32(17-30)24-42/h27-34H,3-26H2,1-2H3. The molecular weight excluding hydrogens is 656 g/mol. The Kier molecular flexibility index (Phi) is 9.84. The molecule has 0 aromatic heterocycles. The predicted molar refractivity (Wildman–Crippen MR) is 194 cm³/mol. The first-order valence-electron chi connectivity index (χ1n) is 21.4. The van der Waals surface area contributed by atoms with Gasteiger partial charge in [-0.15, -0.1) is 0 Å². The Bertz CT molecular complexity index is 1290. The first-order chi connectivity index (χ1) is 25.0. The molecule has 2 heterocycles. The van der Waals surface area contributed by atoms with E-state index in [-0.39, 0.29) is 36.0 Å². The van der Waals surface area contributed by atoms with Crippen LogP contribution in [0.2, 0.25) is 0 Å². The number of imide groups is 4. The molecule has 10 rings (SSSR count). The Morgan fingerprint density at radius 2 is 0.750 bits per heavy atom. The fourth-order valence-corrected chi connectivity index (χ4v) is 14.2. The quantitative estimate of drug-likeness (QED) is 0.0866. The molecule has 2 atom stereocenters. The molecule has 0 aromatic rings. The third kappa shape index (κ3) is 6.54. The number of carbonyl (C=O) groups is 6. The number of carbonyl (C=O) groups excluding carboxylic acids is 6. The smallest absolute Gasteiger partial charge is 0.263 e. The normalized spacial score (nSPS) is 37.5. The molecule has 286 valence electrons. The average molecular weight is 719 g/mol. The fourth-order valence-electron chi connectivity index (χ4n) is 14.2. The fraction of sp³-hybridized carbons (Fsp3) is 0.857. The summed E-state index contributed by atoms with van der Waals surface area (Å²) in [5.74, 6) is 2.12. The van der Waals surface area contributed by atoms with E-state index in [9.17, 15) is 28.8 Å². The largest absolute Gasteiger partial charge is 0.334 e. The first kappa shape index (κ1) is 36.2. The highest BCUT2D eigenvalue weighted by Crippen LogP contribution is 2.63. The maximum absolute atomic E-state index is 13.5. The molecule has 2 saturated heterocycles. The van der Waals surface area contributed by atoms with E-state index in [0.717, 1.165) is 74.0 Å². The van der Waals surface area contributed by atoms with Crippen molar-refractivity contribution in [1.82, 2.24) is 19.6 Å². The second kappa shape index (κ2) is 14.1. The van der Waals surface area contributed by atoms with Crippen molar-refractivity contribution in [2.75, 3.05) is 13.1 Å². The number of hydrogen-bond acceptors (Lipinski definition) is 6. The zero-order valence-corrected chi connectivity index (χ0v) is 31.8. The maximum atomic E-state index is 13.5. The number of rotatable bonds is 17. The Morgan fingerprint density at radius 1 is 0.462 bits per heavy atom. The molecule has 0 N–H and O–H groups in total. The molecule has 10 fully saturated rings. The number of hydrogen-bond donors (Lipinski definition) is 0. The number of unbranched alkanes of at least 4 members (excludes halogenated alkanes) is 5. The summed E-state index contributed by atoms with van der Waals surface area (Å²) in [6.45, 7) is 4.58. The van der Waals surface area contributed by atoms with Crippen LogP contribution in [0.1, 0.15) is 155 Å². The van der Waals surface area contributed by atoms with E-state index in [4.69, 9.17) is 0 Å². The summed E-state index contributed by atoms with van der Waals surface area (Å²) in [7, 11) is 0. The van der Waals surface area contributed by atoms with Crippen LogP contribution in [0, 0.1) is 46.3 Å². The van der Waals surface area contributed by atoms with Gasteiger partial charge >= 0.3 is 35.7 Å². The zero-order valence-electron chi connectivity index (χ0n) is 31.8. The number of nitrogens with zero attached hydrogens (tertiary/aromatic N) is 4. The van der Waals surface area contributed by atoms with Gasteiger partial charge in [0.05, 0.1) is 0 Å². The van der Waals surface area contributed by atoms with Crippen molar-refractivity contribution in [2.45, 2.75) is 167 Å². The predicted octanol–water partition coefficient (Wildman–Crippen LogP) is 7.68. The number of amides is 8. The minimum atomic E-state index is -0.680. The lowest BCUT2D eigenvalue weighted by molar-refractivity contribution is -0.144. The van der Waals surface area contributed by atoms with E-state index >= 15 is 0 Å². The van der Waals surface area contributed by atoms with E-state index in [2.05, 4.69) is 0 Å². The molecule has 8 bridgehead atoms. The highest BCUT2D eigenvalue weighted by molar-refractivity contribution is 6.45. The monoisotopic (exact) mass is 718 g/mol. The second-order valence-electron chi connectivity index (χ2n) is 19.3. The Hall–Kier alpha value is -2.78. The molecule has 8 aliphatic carbocycles. The van der Waals surface area contributed by atoms with E-state index in [0.29, 0.717) is 25.7 Å². The van der Waals surface area contributed by atoms with Crippen LogP contribution in [0.15, 0.2) is 0 Å². The van der Waals surface area contributed by atoms with Crippen molar-refractivity contribution in [2.24, 2.45) is 46.3 Å². The summed E-state index contributed by atoms with van der Waals surface area (Å²) in [4.78, 5) is 84.2. The zero-order chi connectivity index (χ0) is 36.4. The van der Waals surface area contributed by atoms with Crippen LogP contribution in [-0.4, -0.2) is 80.5 Å². The van der Waals surface area contributed by atoms with Crippen molar-refractivity contribution >= 4 is 35.7 Å². The SMILES string of the molecule is CCC(CC12CC3CC(CC(C3)C1)C2)N1C(=O)C(=O)N(CCCCCCCCN2C(=O)C(=O)N(C(CC)CC34CC5CC(CC(C5)C3)C4)C2=O)C1=O. The van der Waals surface area contributed by atoms with Crippen LogP contribution in [-0.2, 0) is 19.2 Å². The molecule has 0 aromatic carbocycles. The van der Waals surface area contributed by atoms with Gasteiger partial charge in [0.25, 0.3) is 0 Å². The summed E-state index contributed by atoms with van der Waals surface area (Å²) in [6.07, 6.45) is 23.1. The molecule has 2 aliphatic heterocycles. The highest BCUT2D eigenvalue weighted by atomic mass is 16.2. The summed E-state index contributed by atoms with van der Waals surface area (Å²) >= 11 is 0. The molecule has 10 aliphatic rings. The van der Waals surface area contributed by atoms with Crippen LogP contribution in [0.4, 0.5) is 9.59 Å². The number of urea groups is 2. The van der Waals surface area contributed by atoms with Gasteiger partial charge in [0.1, 0.15) is 0 Å². The average Bonchev–Trinajstić information content (AvgIpc) is 3.43. The van der Waals surface area contributed by atoms with Crippen molar-refractivity contribution in [3.05, 3.63) is 0 Å². The van der Waals surface area contributed by atoms with Gasteiger partial charge in [0.15, 0.2) is 0 Å². The lowest BCUT2D eigenvalue weighted by Gasteiger charge is -2.58. The molecule has 10 nitrogen and oxygen atoms in total. The highest BCUT2D eigenvalue weighted by Gasteiger charge is 2.56. The van der Waals surface area contributed by atoms with E-state index in [1.54, 1.807) is 0 Å². The van der Waals surface area contributed by atoms with Crippen LogP contribution >= 0.6 is 0 Å². The van der Waals surface area contributed by atoms with Crippen LogP contribution in [0.5, 0.6) is 0 Å². The van der Waals surface area contributed by atoms with Gasteiger partial charge in [-0.3, -0.25) is 38.8 Å². The van der Waals surface area contributed by atoms with Crippen LogP contribution in [0.25, 0.3) is 0 Å². The molecule has 8 amide bonds. The lowest BCUT2D eigenvalue weighted by atomic mass is 9.48. The summed E-state index contributed by atoms with van der Waals surface area (Å²) in [6, 6.07) is -1.29. The second-order valence-corrected chi connectivity index (χ2v) is 19.3. The minimum absolute atomic E-state index is 0.212. The molecule has 0 radical (unpaired) electrons. The summed E-state index contributed by atoms with van der Waals surface area (Å²) in [5.41, 5.74) is 0.449. The Morgan fingerprint density at radius 3 is 1.04 bits per heavy atom. The molecule has 2 unspecified atom stereocenters. The van der Waals surface area contributed by atoms with Crippen molar-refractivity contribution in [1.29, 1.82) is 0 Å². The molecule has 0 spiro atoms. The van der Waals surface area contributed by atoms with Crippen molar-refractivity contribution in [3.8, 4) is 0 Å². The van der Waals surface area contributed by atoms with Gasteiger partial charge < -0.3 is 0 Å². The molecule has 10 heteroatoms. The summed E-state index contributed by atoms with van der Waals surface area (Å²) < 4.78 is 0. The van der Waals surface area contributed by atoms with E-state index in [1.165, 1.54) is 96.6 Å². The Labute approximate surface area is 310 Å². The van der Waals surface area contributed by atoms with Crippen LogP contribution < -0.4 is 0 Å². The third-order valence-corrected chi connectivity index (χ3v) is 15.5. The van der Waals surface area contributed by atoms with Gasteiger partial charge in [0.2, 0.25) is 0 Å². The van der Waals surface area contributed by atoms with Crippen molar-refractivity contribution < 1.29 is 28.8 Å². The van der Waals surface area contributed by atoms with Gasteiger partial charge in [0, 0.05) is 25.2 Å². The topological polar surface area (TPSA) is 115 Å².